The zero-order chi connectivity index (χ0) is 12.5. The molecule has 0 amide bonds. The van der Waals surface area contributed by atoms with Gasteiger partial charge >= 0.3 is 0 Å². The highest BCUT2D eigenvalue weighted by molar-refractivity contribution is 6.17. The second kappa shape index (κ2) is 3.96. The third-order valence-electron chi connectivity index (χ3n) is 2.80. The lowest BCUT2D eigenvalue weighted by molar-refractivity contribution is 0.104. The zero-order valence-electron chi connectivity index (χ0n) is 9.42. The number of hydrogen-bond donors (Lipinski definition) is 2. The monoisotopic (exact) mass is 238 g/mol. The Bertz CT molecular complexity index is 727. The number of aromatic amines is 1. The molecule has 0 spiro atoms. The molecule has 3 aromatic rings. The summed E-state index contributed by atoms with van der Waals surface area (Å²) >= 11 is 0. The van der Waals surface area contributed by atoms with E-state index in [1.807, 2.05) is 12.1 Å². The SMILES string of the molecule is Nc1[nH]ncc1C(=O)c1cccc2ncccc12. The highest BCUT2D eigenvalue weighted by Crippen LogP contribution is 2.21. The molecular weight excluding hydrogens is 228 g/mol. The van der Waals surface area contributed by atoms with Gasteiger partial charge in [-0.3, -0.25) is 14.9 Å². The fourth-order valence-corrected chi connectivity index (χ4v) is 1.92. The van der Waals surface area contributed by atoms with Gasteiger partial charge in [-0.05, 0) is 12.1 Å². The fourth-order valence-electron chi connectivity index (χ4n) is 1.92. The Labute approximate surface area is 103 Å². The van der Waals surface area contributed by atoms with Gasteiger partial charge in [-0.1, -0.05) is 18.2 Å². The summed E-state index contributed by atoms with van der Waals surface area (Å²) in [6.07, 6.45) is 3.13. The average molecular weight is 238 g/mol. The summed E-state index contributed by atoms with van der Waals surface area (Å²) in [4.78, 5) is 16.6. The van der Waals surface area contributed by atoms with Gasteiger partial charge in [-0.25, -0.2) is 0 Å². The molecule has 3 rings (SSSR count). The van der Waals surface area contributed by atoms with Crippen LogP contribution in [0.2, 0.25) is 0 Å². The molecule has 2 aromatic heterocycles. The van der Waals surface area contributed by atoms with Crippen LogP contribution in [0.15, 0.2) is 42.7 Å². The summed E-state index contributed by atoms with van der Waals surface area (Å²) in [5.74, 6) is 0.126. The van der Waals surface area contributed by atoms with Crippen molar-refractivity contribution in [2.24, 2.45) is 0 Å². The number of rotatable bonds is 2. The number of nitrogen functional groups attached to an aromatic ring is 1. The molecule has 5 heteroatoms. The third kappa shape index (κ3) is 1.53. The first-order chi connectivity index (χ1) is 8.77. The Morgan fingerprint density at radius 3 is 2.83 bits per heavy atom. The lowest BCUT2D eigenvalue weighted by atomic mass is 10.0. The molecule has 3 N–H and O–H groups in total. The molecule has 88 valence electrons. The van der Waals surface area contributed by atoms with Gasteiger partial charge in [-0.15, -0.1) is 0 Å². The van der Waals surface area contributed by atoms with E-state index in [1.165, 1.54) is 6.20 Å². The molecule has 2 heterocycles. The standard InChI is InChI=1S/C13H10N4O/c14-13-10(7-16-17-13)12(18)9-3-1-5-11-8(9)4-2-6-15-11/h1-7H,(H3,14,16,17). The van der Waals surface area contributed by atoms with Gasteiger partial charge in [0.05, 0.1) is 17.3 Å². The summed E-state index contributed by atoms with van der Waals surface area (Å²) in [6, 6.07) is 9.10. The Hall–Kier alpha value is -2.69. The van der Waals surface area contributed by atoms with Crippen molar-refractivity contribution in [3.05, 3.63) is 53.9 Å². The van der Waals surface area contributed by atoms with Gasteiger partial charge in [0, 0.05) is 17.1 Å². The molecule has 0 aliphatic heterocycles. The summed E-state index contributed by atoms with van der Waals surface area (Å²) < 4.78 is 0. The van der Waals surface area contributed by atoms with Crippen LogP contribution in [0.5, 0.6) is 0 Å². The van der Waals surface area contributed by atoms with Crippen LogP contribution in [-0.4, -0.2) is 21.0 Å². The fraction of sp³-hybridized carbons (Fsp3) is 0. The number of fused-ring (bicyclic) bond motifs is 1. The van der Waals surface area contributed by atoms with E-state index in [4.69, 9.17) is 5.73 Å². The van der Waals surface area contributed by atoms with Crippen LogP contribution in [-0.2, 0) is 0 Å². The summed E-state index contributed by atoms with van der Waals surface area (Å²) in [5, 5.41) is 7.13. The Morgan fingerprint density at radius 1 is 1.17 bits per heavy atom. The summed E-state index contributed by atoms with van der Waals surface area (Å²) in [7, 11) is 0. The molecule has 0 unspecified atom stereocenters. The second-order valence-electron chi connectivity index (χ2n) is 3.90. The minimum absolute atomic E-state index is 0.153. The second-order valence-corrected chi connectivity index (χ2v) is 3.90. The number of carbonyl (C=O) groups excluding carboxylic acids is 1. The highest BCUT2D eigenvalue weighted by Gasteiger charge is 2.16. The molecule has 0 saturated carbocycles. The molecule has 0 atom stereocenters. The van der Waals surface area contributed by atoms with Crippen molar-refractivity contribution in [1.82, 2.24) is 15.2 Å². The molecule has 5 nitrogen and oxygen atoms in total. The largest absolute Gasteiger partial charge is 0.383 e. The zero-order valence-corrected chi connectivity index (χ0v) is 9.42. The molecule has 18 heavy (non-hydrogen) atoms. The number of carbonyl (C=O) groups is 1. The van der Waals surface area contributed by atoms with E-state index in [0.717, 1.165) is 10.9 Å². The number of nitrogens with one attached hydrogen (secondary N) is 1. The van der Waals surface area contributed by atoms with Gasteiger partial charge in [-0.2, -0.15) is 5.10 Å². The predicted octanol–water partition coefficient (Wildman–Crippen LogP) is 1.77. The van der Waals surface area contributed by atoms with Crippen molar-refractivity contribution >= 4 is 22.5 Å². The molecule has 0 saturated heterocycles. The van der Waals surface area contributed by atoms with Crippen LogP contribution >= 0.6 is 0 Å². The number of ketones is 1. The van der Waals surface area contributed by atoms with E-state index >= 15 is 0 Å². The minimum atomic E-state index is -0.153. The number of nitrogens with zero attached hydrogens (tertiary/aromatic N) is 2. The smallest absolute Gasteiger partial charge is 0.199 e. The maximum Gasteiger partial charge on any atom is 0.199 e. The topological polar surface area (TPSA) is 84.7 Å². The summed E-state index contributed by atoms with van der Waals surface area (Å²) in [6.45, 7) is 0. The molecule has 0 fully saturated rings. The first-order valence-electron chi connectivity index (χ1n) is 5.44. The van der Waals surface area contributed by atoms with Gasteiger partial charge in [0.2, 0.25) is 0 Å². The van der Waals surface area contributed by atoms with Crippen LogP contribution in [0.3, 0.4) is 0 Å². The van der Waals surface area contributed by atoms with E-state index in [0.29, 0.717) is 11.1 Å². The molecule has 1 aromatic carbocycles. The van der Waals surface area contributed by atoms with Crippen molar-refractivity contribution in [3.8, 4) is 0 Å². The van der Waals surface area contributed by atoms with Crippen LogP contribution in [0.4, 0.5) is 5.82 Å². The number of pyridine rings is 1. The van der Waals surface area contributed by atoms with Crippen molar-refractivity contribution in [1.29, 1.82) is 0 Å². The quantitative estimate of drug-likeness (QED) is 0.666. The molecule has 0 radical (unpaired) electrons. The van der Waals surface area contributed by atoms with Gasteiger partial charge in [0.25, 0.3) is 0 Å². The van der Waals surface area contributed by atoms with Gasteiger partial charge in [0.15, 0.2) is 5.78 Å². The Kier molecular flexibility index (Phi) is 2.30. The van der Waals surface area contributed by atoms with Crippen LogP contribution in [0, 0.1) is 0 Å². The molecule has 0 bridgehead atoms. The third-order valence-corrected chi connectivity index (χ3v) is 2.80. The predicted molar refractivity (Wildman–Crippen MR) is 68.2 cm³/mol. The number of hydrogen-bond acceptors (Lipinski definition) is 4. The Balaban J connectivity index is 2.21. The summed E-state index contributed by atoms with van der Waals surface area (Å²) in [5.41, 5.74) is 7.41. The lowest BCUT2D eigenvalue weighted by Gasteiger charge is -2.04. The molecular formula is C13H10N4O. The van der Waals surface area contributed by atoms with E-state index in [-0.39, 0.29) is 11.6 Å². The van der Waals surface area contributed by atoms with Crippen molar-refractivity contribution < 1.29 is 4.79 Å². The van der Waals surface area contributed by atoms with Gasteiger partial charge < -0.3 is 5.73 Å². The minimum Gasteiger partial charge on any atom is -0.383 e. The van der Waals surface area contributed by atoms with E-state index in [2.05, 4.69) is 15.2 Å². The van der Waals surface area contributed by atoms with Crippen molar-refractivity contribution in [2.45, 2.75) is 0 Å². The maximum atomic E-state index is 12.4. The number of benzene rings is 1. The number of anilines is 1. The normalized spacial score (nSPS) is 10.7. The maximum absolute atomic E-state index is 12.4. The first kappa shape index (κ1) is 10.5. The molecule has 0 aliphatic carbocycles. The molecule has 0 aliphatic rings. The number of nitrogens with two attached hydrogens (primary N) is 1. The van der Waals surface area contributed by atoms with Crippen LogP contribution < -0.4 is 5.73 Å². The van der Waals surface area contributed by atoms with Crippen LogP contribution in [0.25, 0.3) is 10.9 Å². The number of H-pyrrole nitrogens is 1. The lowest BCUT2D eigenvalue weighted by Crippen LogP contribution is -2.04. The highest BCUT2D eigenvalue weighted by atomic mass is 16.1. The van der Waals surface area contributed by atoms with Crippen molar-refractivity contribution in [3.63, 3.8) is 0 Å². The number of aromatic nitrogens is 3. The average Bonchev–Trinajstić information content (AvgIpc) is 2.83. The van der Waals surface area contributed by atoms with E-state index < -0.39 is 0 Å². The van der Waals surface area contributed by atoms with Crippen molar-refractivity contribution in [2.75, 3.05) is 5.73 Å². The Morgan fingerprint density at radius 2 is 2.06 bits per heavy atom. The van der Waals surface area contributed by atoms with E-state index in [1.54, 1.807) is 24.4 Å². The first-order valence-corrected chi connectivity index (χ1v) is 5.44. The van der Waals surface area contributed by atoms with E-state index in [9.17, 15) is 4.79 Å². The van der Waals surface area contributed by atoms with Crippen LogP contribution in [0.1, 0.15) is 15.9 Å². The van der Waals surface area contributed by atoms with Gasteiger partial charge in [0.1, 0.15) is 5.82 Å².